The van der Waals surface area contributed by atoms with Crippen LogP contribution in [0.5, 0.6) is 11.5 Å². The molecular weight excluding hydrogens is 648 g/mol. The van der Waals surface area contributed by atoms with Crippen LogP contribution in [0.25, 0.3) is 10.8 Å². The van der Waals surface area contributed by atoms with Crippen molar-refractivity contribution >= 4 is 34.7 Å². The molecule has 2 aliphatic rings. The van der Waals surface area contributed by atoms with E-state index in [9.17, 15) is 14.7 Å². The van der Waals surface area contributed by atoms with Gasteiger partial charge in [0.25, 0.3) is 0 Å². The molecule has 8 N–H and O–H groups in total. The first-order valence-corrected chi connectivity index (χ1v) is 17.5. The second kappa shape index (κ2) is 22.2. The van der Waals surface area contributed by atoms with Crippen LogP contribution in [0, 0.1) is 5.92 Å². The Morgan fingerprint density at radius 2 is 1.59 bits per heavy atom. The average molecular weight is 703 g/mol. The first-order valence-electron chi connectivity index (χ1n) is 16.6. The normalized spacial score (nSPS) is 14.8. The summed E-state index contributed by atoms with van der Waals surface area (Å²) >= 11 is 1.45. The fraction of sp³-hybridized carbons (Fsp3) is 0.500. The van der Waals surface area contributed by atoms with Crippen LogP contribution in [0.3, 0.4) is 0 Å². The maximum Gasteiger partial charge on any atom is 0.318 e. The SMILES string of the molecule is CC(C)C.O.O.O=C(NCCCC[C@@H](CO)NSc1ccc2c(c1)OCCO2)[C@@H](Cc1cccc2ccccc12)NC(=O)N1CCOCC1. The molecule has 3 aromatic rings. The van der Waals surface area contributed by atoms with Gasteiger partial charge in [0.1, 0.15) is 19.3 Å². The van der Waals surface area contributed by atoms with Crippen LogP contribution < -0.4 is 24.8 Å². The molecule has 0 bridgehead atoms. The molecular formula is C36H54N4O8S. The van der Waals surface area contributed by atoms with E-state index in [1.54, 1.807) is 4.90 Å². The molecule has 0 unspecified atom stereocenters. The van der Waals surface area contributed by atoms with Crippen LogP contribution >= 0.6 is 11.9 Å². The topological polar surface area (TPSA) is 184 Å². The van der Waals surface area contributed by atoms with Gasteiger partial charge in [0.2, 0.25) is 5.91 Å². The summed E-state index contributed by atoms with van der Waals surface area (Å²) in [4.78, 5) is 29.1. The first-order chi connectivity index (χ1) is 22.8. The number of aliphatic hydroxyl groups excluding tert-OH is 1. The van der Waals surface area contributed by atoms with Gasteiger partial charge in [0.15, 0.2) is 11.5 Å². The number of hydrogen-bond acceptors (Lipinski definition) is 8. The minimum absolute atomic E-state index is 0. The zero-order chi connectivity index (χ0) is 33.4. The number of nitrogens with one attached hydrogen (secondary N) is 3. The number of urea groups is 1. The Labute approximate surface area is 294 Å². The van der Waals surface area contributed by atoms with Crippen molar-refractivity contribution in [3.63, 3.8) is 0 Å². The molecule has 0 radical (unpaired) electrons. The number of rotatable bonds is 13. The third-order valence-corrected chi connectivity index (χ3v) is 8.51. The Kier molecular flexibility index (Phi) is 18.8. The summed E-state index contributed by atoms with van der Waals surface area (Å²) in [5, 5.41) is 18.0. The molecule has 3 aromatic carbocycles. The molecule has 0 spiro atoms. The molecule has 1 fully saturated rings. The van der Waals surface area contributed by atoms with Crippen LogP contribution in [0.4, 0.5) is 4.79 Å². The van der Waals surface area contributed by atoms with E-state index in [0.717, 1.165) is 57.9 Å². The molecule has 0 aliphatic carbocycles. The lowest BCUT2D eigenvalue weighted by Crippen LogP contribution is -2.54. The lowest BCUT2D eigenvalue weighted by Gasteiger charge is -2.29. The van der Waals surface area contributed by atoms with Crippen molar-refractivity contribution in [1.29, 1.82) is 0 Å². The van der Waals surface area contributed by atoms with Gasteiger partial charge in [-0.1, -0.05) is 69.7 Å². The standard InChI is InChI=1S/C32H40N4O6S.C4H10.2H2O/c37-22-25(35-43-26-11-12-29-30(21-26)42-19-18-41-29)9-3-4-13-33-31(38)28(34-32(39)36-14-16-40-17-15-36)20-24-8-5-7-23-6-1-2-10-27(23)24;1-4(2)3;;/h1-2,5-8,10-12,21,25,28,35,37H,3-4,9,13-20,22H2,(H,33,38)(H,34,39);4H,1-3H3;2*1H2/t25-,28+;;;/m0.../s1. The number of carbonyl (C=O) groups is 2. The van der Waals surface area contributed by atoms with Crippen molar-refractivity contribution in [3.05, 3.63) is 66.2 Å². The van der Waals surface area contributed by atoms with Gasteiger partial charge >= 0.3 is 6.03 Å². The van der Waals surface area contributed by atoms with Crippen molar-refractivity contribution in [1.82, 2.24) is 20.3 Å². The third-order valence-electron chi connectivity index (χ3n) is 7.57. The average Bonchev–Trinajstić information content (AvgIpc) is 3.09. The summed E-state index contributed by atoms with van der Waals surface area (Å²) < 4.78 is 19.9. The number of amides is 3. The zero-order valence-corrected chi connectivity index (χ0v) is 29.7. The van der Waals surface area contributed by atoms with Crippen molar-refractivity contribution in [2.24, 2.45) is 5.92 Å². The molecule has 12 nitrogen and oxygen atoms in total. The van der Waals surface area contributed by atoms with Gasteiger partial charge in [-0.3, -0.25) is 9.52 Å². The van der Waals surface area contributed by atoms with E-state index < -0.39 is 6.04 Å². The minimum Gasteiger partial charge on any atom is -0.486 e. The van der Waals surface area contributed by atoms with Crippen LogP contribution in [0.15, 0.2) is 65.6 Å². The lowest BCUT2D eigenvalue weighted by molar-refractivity contribution is -0.123. The fourth-order valence-electron chi connectivity index (χ4n) is 5.18. The molecule has 13 heteroatoms. The smallest absolute Gasteiger partial charge is 0.318 e. The van der Waals surface area contributed by atoms with E-state index >= 15 is 0 Å². The van der Waals surface area contributed by atoms with Gasteiger partial charge in [0.05, 0.1) is 19.8 Å². The van der Waals surface area contributed by atoms with Crippen LogP contribution in [-0.4, -0.2) is 97.6 Å². The van der Waals surface area contributed by atoms with Gasteiger partial charge in [-0.2, -0.15) is 0 Å². The predicted octanol–water partition coefficient (Wildman–Crippen LogP) is 3.52. The highest BCUT2D eigenvalue weighted by Gasteiger charge is 2.25. The second-order valence-electron chi connectivity index (χ2n) is 12.4. The van der Waals surface area contributed by atoms with Gasteiger partial charge in [-0.05, 0) is 65.2 Å². The number of benzene rings is 3. The zero-order valence-electron chi connectivity index (χ0n) is 28.8. The fourth-order valence-corrected chi connectivity index (χ4v) is 5.98. The molecule has 0 saturated carbocycles. The van der Waals surface area contributed by atoms with Gasteiger partial charge in [-0.25, -0.2) is 4.79 Å². The van der Waals surface area contributed by atoms with Gasteiger partial charge in [-0.15, -0.1) is 0 Å². The number of carbonyl (C=O) groups excluding carboxylic acids is 2. The van der Waals surface area contributed by atoms with Crippen molar-refractivity contribution < 1.29 is 39.9 Å². The van der Waals surface area contributed by atoms with Crippen LogP contribution in [-0.2, 0) is 16.0 Å². The number of morpholine rings is 1. The molecule has 2 aliphatic heterocycles. The Bertz CT molecular complexity index is 1410. The molecule has 2 heterocycles. The summed E-state index contributed by atoms with van der Waals surface area (Å²) in [6.07, 6.45) is 2.69. The number of unbranched alkanes of at least 4 members (excludes halogenated alkanes) is 1. The van der Waals surface area contributed by atoms with E-state index in [0.29, 0.717) is 52.5 Å². The second-order valence-corrected chi connectivity index (χ2v) is 13.3. The Balaban J connectivity index is 0.00000132. The molecule has 5 rings (SSSR count). The van der Waals surface area contributed by atoms with E-state index in [4.69, 9.17) is 14.2 Å². The monoisotopic (exact) mass is 702 g/mol. The number of hydrogen-bond donors (Lipinski definition) is 4. The van der Waals surface area contributed by atoms with E-state index in [1.165, 1.54) is 11.9 Å². The summed E-state index contributed by atoms with van der Waals surface area (Å²) in [5.41, 5.74) is 1.01. The molecule has 0 aromatic heterocycles. The third kappa shape index (κ3) is 13.7. The summed E-state index contributed by atoms with van der Waals surface area (Å²) in [6, 6.07) is 18.8. The molecule has 1 saturated heterocycles. The van der Waals surface area contributed by atoms with Crippen LogP contribution in [0.1, 0.15) is 45.6 Å². The highest BCUT2D eigenvalue weighted by atomic mass is 32.2. The Morgan fingerprint density at radius 3 is 2.33 bits per heavy atom. The van der Waals surface area contributed by atoms with E-state index in [2.05, 4.69) is 36.1 Å². The maximum absolute atomic E-state index is 13.4. The van der Waals surface area contributed by atoms with Crippen molar-refractivity contribution in [2.45, 2.75) is 63.4 Å². The summed E-state index contributed by atoms with van der Waals surface area (Å²) in [7, 11) is 0. The molecule has 272 valence electrons. The highest BCUT2D eigenvalue weighted by Crippen LogP contribution is 2.33. The predicted molar refractivity (Wildman–Crippen MR) is 194 cm³/mol. The number of aliphatic hydroxyl groups is 1. The van der Waals surface area contributed by atoms with Gasteiger partial charge < -0.3 is 45.8 Å². The minimum atomic E-state index is -0.713. The van der Waals surface area contributed by atoms with E-state index in [1.807, 2.05) is 60.7 Å². The number of fused-ring (bicyclic) bond motifs is 2. The van der Waals surface area contributed by atoms with Gasteiger partial charge in [0, 0.05) is 37.0 Å². The number of ether oxygens (including phenoxy) is 3. The molecule has 3 amide bonds. The lowest BCUT2D eigenvalue weighted by atomic mass is 9.98. The number of nitrogens with zero attached hydrogens (tertiary/aromatic N) is 1. The summed E-state index contributed by atoms with van der Waals surface area (Å²) in [5.74, 6) is 2.10. The maximum atomic E-state index is 13.4. The molecule has 49 heavy (non-hydrogen) atoms. The Morgan fingerprint density at radius 1 is 0.898 bits per heavy atom. The highest BCUT2D eigenvalue weighted by molar-refractivity contribution is 7.97. The van der Waals surface area contributed by atoms with Crippen molar-refractivity contribution in [3.8, 4) is 11.5 Å². The van der Waals surface area contributed by atoms with E-state index in [-0.39, 0.29) is 35.5 Å². The Hall–Kier alpha value is -3.59. The quantitative estimate of drug-likeness (QED) is 0.154. The van der Waals surface area contributed by atoms with Crippen molar-refractivity contribution in [2.75, 3.05) is 52.7 Å². The first kappa shape index (κ1) is 41.6. The summed E-state index contributed by atoms with van der Waals surface area (Å²) in [6.45, 7) is 10.1. The van der Waals surface area contributed by atoms with Crippen LogP contribution in [0.2, 0.25) is 0 Å². The molecule has 2 atom stereocenters. The largest absolute Gasteiger partial charge is 0.486 e.